The fourth-order valence-electron chi connectivity index (χ4n) is 1.65. The minimum Gasteiger partial charge on any atom is -0.365 e. The molecule has 1 N–H and O–H groups in total. The lowest BCUT2D eigenvalue weighted by Gasteiger charge is -2.13. The van der Waals surface area contributed by atoms with E-state index in [0.717, 1.165) is 23.6 Å². The number of pyridine rings is 1. The van der Waals surface area contributed by atoms with Crippen LogP contribution in [0.5, 0.6) is 0 Å². The third-order valence-corrected chi connectivity index (χ3v) is 3.70. The number of hydrogen-bond donors (Lipinski definition) is 1. The van der Waals surface area contributed by atoms with Gasteiger partial charge in [0.1, 0.15) is 11.9 Å². The number of aryl methyl sites for hydroxylation is 1. The van der Waals surface area contributed by atoms with Gasteiger partial charge >= 0.3 is 0 Å². The first-order valence-corrected chi connectivity index (χ1v) is 6.16. The molecule has 4 heteroatoms. The average molecular weight is 219 g/mol. The van der Waals surface area contributed by atoms with E-state index in [1.807, 2.05) is 24.8 Å². The van der Waals surface area contributed by atoms with Crippen LogP contribution in [-0.4, -0.2) is 22.5 Å². The molecule has 1 saturated heterocycles. The highest BCUT2D eigenvalue weighted by atomic mass is 32.2. The van der Waals surface area contributed by atoms with E-state index < -0.39 is 0 Å². The number of nitrogens with one attached hydrogen (secondary N) is 1. The summed E-state index contributed by atoms with van der Waals surface area (Å²) in [5.74, 6) is 3.05. The number of nitriles is 1. The molecule has 0 bridgehead atoms. The maximum atomic E-state index is 9.04. The third kappa shape index (κ3) is 2.24. The Hall–Kier alpha value is -1.21. The molecular formula is C11H13N3S. The second-order valence-electron chi connectivity index (χ2n) is 3.67. The van der Waals surface area contributed by atoms with E-state index in [2.05, 4.69) is 16.4 Å². The van der Waals surface area contributed by atoms with Crippen LogP contribution in [0.2, 0.25) is 0 Å². The Labute approximate surface area is 93.9 Å². The first kappa shape index (κ1) is 10.3. The Morgan fingerprint density at radius 2 is 2.53 bits per heavy atom. The predicted molar refractivity (Wildman–Crippen MR) is 63.0 cm³/mol. The second kappa shape index (κ2) is 4.54. The molecule has 15 heavy (non-hydrogen) atoms. The van der Waals surface area contributed by atoms with Crippen LogP contribution in [0.3, 0.4) is 0 Å². The summed E-state index contributed by atoms with van der Waals surface area (Å²) >= 11 is 1.95. The zero-order valence-corrected chi connectivity index (χ0v) is 9.47. The van der Waals surface area contributed by atoms with Crippen molar-refractivity contribution in [2.75, 3.05) is 16.8 Å². The summed E-state index contributed by atoms with van der Waals surface area (Å²) in [5.41, 5.74) is 1.66. The Bertz CT molecular complexity index is 391. The van der Waals surface area contributed by atoms with Gasteiger partial charge in [-0.25, -0.2) is 4.98 Å². The maximum absolute atomic E-state index is 9.04. The summed E-state index contributed by atoms with van der Waals surface area (Å²) in [6, 6.07) is 4.54. The van der Waals surface area contributed by atoms with Gasteiger partial charge < -0.3 is 5.32 Å². The molecule has 1 atom stereocenters. The first-order valence-electron chi connectivity index (χ1n) is 5.01. The van der Waals surface area contributed by atoms with E-state index in [9.17, 15) is 0 Å². The van der Waals surface area contributed by atoms with Crippen molar-refractivity contribution < 1.29 is 0 Å². The number of aromatic nitrogens is 1. The smallest absolute Gasteiger partial charge is 0.144 e. The molecule has 1 unspecified atom stereocenters. The monoisotopic (exact) mass is 219 g/mol. The normalized spacial score (nSPS) is 19.9. The fraction of sp³-hybridized carbons (Fsp3) is 0.455. The molecule has 3 nitrogen and oxygen atoms in total. The number of nitrogens with zero attached hydrogens (tertiary/aromatic N) is 2. The van der Waals surface area contributed by atoms with Gasteiger partial charge in [-0.1, -0.05) is 0 Å². The van der Waals surface area contributed by atoms with Gasteiger partial charge in [-0.3, -0.25) is 0 Å². The average Bonchev–Trinajstić information content (AvgIpc) is 2.71. The summed E-state index contributed by atoms with van der Waals surface area (Å²) in [6.45, 7) is 1.94. The molecule has 1 aliphatic rings. The van der Waals surface area contributed by atoms with Crippen LogP contribution in [0, 0.1) is 18.3 Å². The predicted octanol–water partition coefficient (Wildman–Crippen LogP) is 2.18. The number of anilines is 1. The van der Waals surface area contributed by atoms with Crippen molar-refractivity contribution in [2.45, 2.75) is 19.4 Å². The maximum Gasteiger partial charge on any atom is 0.144 e. The van der Waals surface area contributed by atoms with Crippen molar-refractivity contribution in [3.63, 3.8) is 0 Å². The lowest BCUT2D eigenvalue weighted by atomic mass is 10.1. The van der Waals surface area contributed by atoms with Gasteiger partial charge in [-0.15, -0.1) is 0 Å². The van der Waals surface area contributed by atoms with Gasteiger partial charge in [-0.05, 0) is 30.7 Å². The standard InChI is InChI=1S/C11H13N3S/c1-8-2-4-13-11(10(8)6-12)14-9-3-5-15-7-9/h2,4,9H,3,5,7H2,1H3,(H,13,14). The Morgan fingerprint density at radius 1 is 1.67 bits per heavy atom. The largest absolute Gasteiger partial charge is 0.365 e. The van der Waals surface area contributed by atoms with E-state index in [0.29, 0.717) is 11.6 Å². The Morgan fingerprint density at radius 3 is 3.20 bits per heavy atom. The van der Waals surface area contributed by atoms with Crippen molar-refractivity contribution in [2.24, 2.45) is 0 Å². The summed E-state index contributed by atoms with van der Waals surface area (Å²) in [6.07, 6.45) is 2.91. The van der Waals surface area contributed by atoms with Crippen molar-refractivity contribution >= 4 is 17.6 Å². The molecule has 0 radical (unpaired) electrons. The van der Waals surface area contributed by atoms with Crippen molar-refractivity contribution in [1.29, 1.82) is 5.26 Å². The van der Waals surface area contributed by atoms with Crippen LogP contribution in [0.15, 0.2) is 12.3 Å². The van der Waals surface area contributed by atoms with Crippen LogP contribution in [0.25, 0.3) is 0 Å². The Kier molecular flexibility index (Phi) is 3.12. The van der Waals surface area contributed by atoms with Crippen molar-refractivity contribution in [3.8, 4) is 6.07 Å². The SMILES string of the molecule is Cc1ccnc(NC2CCSC2)c1C#N. The van der Waals surface area contributed by atoms with E-state index in [1.54, 1.807) is 6.20 Å². The number of thioether (sulfide) groups is 1. The summed E-state index contributed by atoms with van der Waals surface area (Å²) in [5, 5.41) is 12.4. The zero-order valence-electron chi connectivity index (χ0n) is 8.66. The van der Waals surface area contributed by atoms with Gasteiger partial charge in [0.25, 0.3) is 0 Å². The molecule has 78 valence electrons. The van der Waals surface area contributed by atoms with Gasteiger partial charge in [0.2, 0.25) is 0 Å². The molecule has 1 aromatic rings. The molecule has 1 aliphatic heterocycles. The van der Waals surface area contributed by atoms with Crippen LogP contribution in [0.1, 0.15) is 17.5 Å². The van der Waals surface area contributed by atoms with Crippen LogP contribution in [-0.2, 0) is 0 Å². The van der Waals surface area contributed by atoms with Gasteiger partial charge in [0, 0.05) is 18.0 Å². The van der Waals surface area contributed by atoms with E-state index >= 15 is 0 Å². The molecule has 2 heterocycles. The number of hydrogen-bond acceptors (Lipinski definition) is 4. The molecule has 0 aliphatic carbocycles. The Balaban J connectivity index is 2.20. The first-order chi connectivity index (χ1) is 7.31. The van der Waals surface area contributed by atoms with Crippen LogP contribution in [0.4, 0.5) is 5.82 Å². The van der Waals surface area contributed by atoms with E-state index in [4.69, 9.17) is 5.26 Å². The molecule has 0 aromatic carbocycles. The highest BCUT2D eigenvalue weighted by Gasteiger charge is 2.17. The minimum absolute atomic E-state index is 0.469. The van der Waals surface area contributed by atoms with Gasteiger partial charge in [0.15, 0.2) is 0 Å². The second-order valence-corrected chi connectivity index (χ2v) is 4.82. The molecule has 2 rings (SSSR count). The molecule has 0 amide bonds. The highest BCUT2D eigenvalue weighted by molar-refractivity contribution is 7.99. The molecule has 1 fully saturated rings. The van der Waals surface area contributed by atoms with Crippen LogP contribution >= 0.6 is 11.8 Å². The zero-order chi connectivity index (χ0) is 10.7. The van der Waals surface area contributed by atoms with Gasteiger partial charge in [-0.2, -0.15) is 17.0 Å². The quantitative estimate of drug-likeness (QED) is 0.828. The molecule has 0 spiro atoms. The summed E-state index contributed by atoms with van der Waals surface area (Å²) in [4.78, 5) is 4.23. The van der Waals surface area contributed by atoms with Crippen molar-refractivity contribution in [3.05, 3.63) is 23.4 Å². The van der Waals surface area contributed by atoms with E-state index in [-0.39, 0.29) is 0 Å². The molecule has 1 aromatic heterocycles. The third-order valence-electron chi connectivity index (χ3n) is 2.54. The molecular weight excluding hydrogens is 206 g/mol. The van der Waals surface area contributed by atoms with Gasteiger partial charge in [0.05, 0.1) is 5.56 Å². The number of rotatable bonds is 2. The van der Waals surface area contributed by atoms with E-state index in [1.165, 1.54) is 5.75 Å². The summed E-state index contributed by atoms with van der Waals surface area (Å²) in [7, 11) is 0. The van der Waals surface area contributed by atoms with Crippen LogP contribution < -0.4 is 5.32 Å². The lowest BCUT2D eigenvalue weighted by Crippen LogP contribution is -2.19. The molecule has 0 saturated carbocycles. The summed E-state index contributed by atoms with van der Waals surface area (Å²) < 4.78 is 0. The van der Waals surface area contributed by atoms with Crippen molar-refractivity contribution in [1.82, 2.24) is 4.98 Å². The minimum atomic E-state index is 0.469. The fourth-order valence-corrected chi connectivity index (χ4v) is 2.80. The topological polar surface area (TPSA) is 48.7 Å². The lowest BCUT2D eigenvalue weighted by molar-refractivity contribution is 0.806. The highest BCUT2D eigenvalue weighted by Crippen LogP contribution is 2.23.